The van der Waals surface area contributed by atoms with Crippen LogP contribution in [0.1, 0.15) is 37.3 Å². The molecule has 1 aromatic rings. The Hall–Kier alpha value is -1.83. The molecule has 1 atom stereocenters. The van der Waals surface area contributed by atoms with Crippen molar-refractivity contribution in [1.29, 1.82) is 0 Å². The molecule has 7 nitrogen and oxygen atoms in total. The summed E-state index contributed by atoms with van der Waals surface area (Å²) >= 11 is 0. The third-order valence-corrected chi connectivity index (χ3v) is 6.03. The standard InChI is InChI=1S/C24H40N4O3/c1-4-25-24(26-16-20-7-10-28(11-8-20)12-14-29-3)27-17-21-6-5-19(2)15-23(21)31-22-9-13-30-18-22/h5-6,15,20,22H,4,7-14,16-18H2,1-3H3,(H2,25,26,27). The van der Waals surface area contributed by atoms with Gasteiger partial charge in [-0.2, -0.15) is 0 Å². The molecule has 3 rings (SSSR count). The molecular formula is C24H40N4O3. The molecule has 2 aliphatic heterocycles. The zero-order valence-electron chi connectivity index (χ0n) is 19.5. The second kappa shape index (κ2) is 12.9. The molecule has 0 aliphatic carbocycles. The molecule has 2 heterocycles. The second-order valence-electron chi connectivity index (χ2n) is 8.57. The van der Waals surface area contributed by atoms with E-state index in [4.69, 9.17) is 19.2 Å². The summed E-state index contributed by atoms with van der Waals surface area (Å²) in [7, 11) is 1.77. The maximum absolute atomic E-state index is 6.22. The highest BCUT2D eigenvalue weighted by Crippen LogP contribution is 2.24. The van der Waals surface area contributed by atoms with Crippen LogP contribution in [-0.4, -0.2) is 76.6 Å². The van der Waals surface area contributed by atoms with Gasteiger partial charge in [-0.3, -0.25) is 0 Å². The van der Waals surface area contributed by atoms with Crippen molar-refractivity contribution in [3.63, 3.8) is 0 Å². The van der Waals surface area contributed by atoms with Crippen molar-refractivity contribution >= 4 is 5.96 Å². The number of ether oxygens (including phenoxy) is 3. The maximum atomic E-state index is 6.22. The van der Waals surface area contributed by atoms with Gasteiger partial charge in [0.25, 0.3) is 0 Å². The number of nitrogens with one attached hydrogen (secondary N) is 2. The lowest BCUT2D eigenvalue weighted by atomic mass is 9.97. The van der Waals surface area contributed by atoms with E-state index in [2.05, 4.69) is 47.6 Å². The van der Waals surface area contributed by atoms with Crippen molar-refractivity contribution in [2.24, 2.45) is 10.9 Å². The van der Waals surface area contributed by atoms with E-state index in [0.29, 0.717) is 19.1 Å². The molecule has 0 saturated carbocycles. The average molecular weight is 433 g/mol. The van der Waals surface area contributed by atoms with Crippen LogP contribution < -0.4 is 15.4 Å². The van der Waals surface area contributed by atoms with E-state index in [0.717, 1.165) is 69.6 Å². The zero-order valence-corrected chi connectivity index (χ0v) is 19.5. The fourth-order valence-corrected chi connectivity index (χ4v) is 4.07. The lowest BCUT2D eigenvalue weighted by molar-refractivity contribution is 0.121. The Morgan fingerprint density at radius 3 is 2.77 bits per heavy atom. The fourth-order valence-electron chi connectivity index (χ4n) is 4.07. The Morgan fingerprint density at radius 2 is 2.06 bits per heavy atom. The van der Waals surface area contributed by atoms with Crippen LogP contribution in [0.25, 0.3) is 0 Å². The number of aliphatic imine (C=N–C) groups is 1. The molecule has 1 aromatic carbocycles. The van der Waals surface area contributed by atoms with E-state index in [1.807, 2.05) is 0 Å². The summed E-state index contributed by atoms with van der Waals surface area (Å²) < 4.78 is 16.9. The topological polar surface area (TPSA) is 67.4 Å². The van der Waals surface area contributed by atoms with Crippen molar-refractivity contribution in [2.45, 2.75) is 45.8 Å². The van der Waals surface area contributed by atoms with Gasteiger partial charge in [-0.25, -0.2) is 4.99 Å². The van der Waals surface area contributed by atoms with Crippen LogP contribution in [-0.2, 0) is 16.0 Å². The minimum absolute atomic E-state index is 0.144. The summed E-state index contributed by atoms with van der Waals surface area (Å²) in [4.78, 5) is 7.34. The first-order chi connectivity index (χ1) is 15.2. The predicted molar refractivity (Wildman–Crippen MR) is 125 cm³/mol. The minimum Gasteiger partial charge on any atom is -0.488 e. The van der Waals surface area contributed by atoms with Crippen LogP contribution in [0.3, 0.4) is 0 Å². The number of hydrogen-bond acceptors (Lipinski definition) is 5. The number of aryl methyl sites for hydroxylation is 1. The Morgan fingerprint density at radius 1 is 1.23 bits per heavy atom. The second-order valence-corrected chi connectivity index (χ2v) is 8.57. The van der Waals surface area contributed by atoms with Crippen LogP contribution in [0.15, 0.2) is 23.2 Å². The van der Waals surface area contributed by atoms with Gasteiger partial charge in [0.1, 0.15) is 11.9 Å². The van der Waals surface area contributed by atoms with E-state index < -0.39 is 0 Å². The maximum Gasteiger partial charge on any atom is 0.191 e. The number of nitrogens with zero attached hydrogens (tertiary/aromatic N) is 2. The number of methoxy groups -OCH3 is 1. The molecule has 2 N–H and O–H groups in total. The zero-order chi connectivity index (χ0) is 21.9. The molecule has 1 unspecified atom stereocenters. The molecule has 0 bridgehead atoms. The molecule has 7 heteroatoms. The highest BCUT2D eigenvalue weighted by Gasteiger charge is 2.20. The molecular weight excluding hydrogens is 392 g/mol. The molecule has 0 amide bonds. The van der Waals surface area contributed by atoms with Gasteiger partial charge in [0.15, 0.2) is 5.96 Å². The highest BCUT2D eigenvalue weighted by molar-refractivity contribution is 5.79. The summed E-state index contributed by atoms with van der Waals surface area (Å²) in [6.07, 6.45) is 3.53. The van der Waals surface area contributed by atoms with Crippen molar-refractivity contribution in [1.82, 2.24) is 15.5 Å². The van der Waals surface area contributed by atoms with E-state index in [1.165, 1.54) is 18.4 Å². The number of rotatable bonds is 10. The van der Waals surface area contributed by atoms with E-state index in [-0.39, 0.29) is 6.10 Å². The van der Waals surface area contributed by atoms with E-state index in [9.17, 15) is 0 Å². The van der Waals surface area contributed by atoms with Crippen molar-refractivity contribution in [3.05, 3.63) is 29.3 Å². The molecule has 2 saturated heterocycles. The average Bonchev–Trinajstić information content (AvgIpc) is 3.29. The highest BCUT2D eigenvalue weighted by atomic mass is 16.5. The van der Waals surface area contributed by atoms with Gasteiger partial charge in [-0.15, -0.1) is 0 Å². The molecule has 0 spiro atoms. The Kier molecular flexibility index (Phi) is 9.90. The quantitative estimate of drug-likeness (QED) is 0.438. The molecule has 2 fully saturated rings. The predicted octanol–water partition coefficient (Wildman–Crippen LogP) is 2.58. The summed E-state index contributed by atoms with van der Waals surface area (Å²) in [5, 5.41) is 6.94. The van der Waals surface area contributed by atoms with Gasteiger partial charge < -0.3 is 29.7 Å². The third-order valence-electron chi connectivity index (χ3n) is 6.03. The number of benzene rings is 1. The molecule has 2 aliphatic rings. The largest absolute Gasteiger partial charge is 0.488 e. The Balaban J connectivity index is 1.52. The van der Waals surface area contributed by atoms with Crippen molar-refractivity contribution in [2.75, 3.05) is 59.7 Å². The molecule has 174 valence electrons. The summed E-state index contributed by atoms with van der Waals surface area (Å²) in [6.45, 7) is 12.2. The van der Waals surface area contributed by atoms with E-state index >= 15 is 0 Å². The SMILES string of the molecule is CCNC(=NCc1ccc(C)cc1OC1CCOC1)NCC1CCN(CCOC)CC1. The van der Waals surface area contributed by atoms with Crippen LogP contribution in [0.2, 0.25) is 0 Å². The Bertz CT molecular complexity index is 683. The van der Waals surface area contributed by atoms with Crippen LogP contribution >= 0.6 is 0 Å². The first-order valence-corrected chi connectivity index (χ1v) is 11.7. The minimum atomic E-state index is 0.144. The molecule has 0 aromatic heterocycles. The van der Waals surface area contributed by atoms with Crippen molar-refractivity contribution in [3.8, 4) is 5.75 Å². The summed E-state index contributed by atoms with van der Waals surface area (Å²) in [5.41, 5.74) is 2.31. The van der Waals surface area contributed by atoms with Crippen LogP contribution in [0, 0.1) is 12.8 Å². The van der Waals surface area contributed by atoms with Crippen LogP contribution in [0.4, 0.5) is 0 Å². The first kappa shape index (κ1) is 23.8. The number of guanidine groups is 1. The lowest BCUT2D eigenvalue weighted by Gasteiger charge is -2.32. The fraction of sp³-hybridized carbons (Fsp3) is 0.708. The van der Waals surface area contributed by atoms with Gasteiger partial charge in [-0.1, -0.05) is 12.1 Å². The van der Waals surface area contributed by atoms with Gasteiger partial charge in [0.05, 0.1) is 26.4 Å². The summed E-state index contributed by atoms with van der Waals surface area (Å²) in [5.74, 6) is 2.49. The van der Waals surface area contributed by atoms with E-state index in [1.54, 1.807) is 7.11 Å². The Labute approximate surface area is 187 Å². The number of piperidine rings is 1. The molecule has 31 heavy (non-hydrogen) atoms. The molecule has 0 radical (unpaired) electrons. The number of likely N-dealkylation sites (tertiary alicyclic amines) is 1. The third kappa shape index (κ3) is 7.98. The monoisotopic (exact) mass is 432 g/mol. The lowest BCUT2D eigenvalue weighted by Crippen LogP contribution is -2.43. The smallest absolute Gasteiger partial charge is 0.191 e. The number of hydrogen-bond donors (Lipinski definition) is 2. The first-order valence-electron chi connectivity index (χ1n) is 11.7. The van der Waals surface area contributed by atoms with Gasteiger partial charge >= 0.3 is 0 Å². The van der Waals surface area contributed by atoms with Crippen molar-refractivity contribution < 1.29 is 14.2 Å². The summed E-state index contributed by atoms with van der Waals surface area (Å²) in [6, 6.07) is 6.37. The van der Waals surface area contributed by atoms with Crippen LogP contribution in [0.5, 0.6) is 5.75 Å². The van der Waals surface area contributed by atoms with Gasteiger partial charge in [0.2, 0.25) is 0 Å². The van der Waals surface area contributed by atoms with Gasteiger partial charge in [0, 0.05) is 38.7 Å². The normalized spacial score (nSPS) is 20.7. The van der Waals surface area contributed by atoms with Gasteiger partial charge in [-0.05, 0) is 57.3 Å².